The molecular formula is C10H13N5. The van der Waals surface area contributed by atoms with E-state index in [0.717, 1.165) is 5.82 Å². The van der Waals surface area contributed by atoms with E-state index in [4.69, 9.17) is 0 Å². The van der Waals surface area contributed by atoms with Crippen LogP contribution < -0.4 is 0 Å². The van der Waals surface area contributed by atoms with Crippen molar-refractivity contribution < 1.29 is 0 Å². The second-order valence-corrected chi connectivity index (χ2v) is 4.35. The molecule has 2 heterocycles. The molecule has 2 aromatic heterocycles. The molecule has 0 unspecified atom stereocenters. The van der Waals surface area contributed by atoms with Gasteiger partial charge >= 0.3 is 0 Å². The van der Waals surface area contributed by atoms with Gasteiger partial charge in [0.15, 0.2) is 11.6 Å². The van der Waals surface area contributed by atoms with Crippen LogP contribution in [0.5, 0.6) is 0 Å². The first kappa shape index (κ1) is 9.76. The fraction of sp³-hybridized carbons (Fsp3) is 0.400. The van der Waals surface area contributed by atoms with Gasteiger partial charge in [-0.3, -0.25) is 10.1 Å². The van der Waals surface area contributed by atoms with Gasteiger partial charge in [0.25, 0.3) is 0 Å². The molecule has 2 aromatic rings. The van der Waals surface area contributed by atoms with E-state index in [2.05, 4.69) is 45.9 Å². The second-order valence-electron chi connectivity index (χ2n) is 4.35. The summed E-state index contributed by atoms with van der Waals surface area (Å²) in [4.78, 5) is 12.5. The summed E-state index contributed by atoms with van der Waals surface area (Å²) in [7, 11) is 0. The Morgan fingerprint density at radius 3 is 2.53 bits per heavy atom. The van der Waals surface area contributed by atoms with E-state index in [1.165, 1.54) is 0 Å². The Morgan fingerprint density at radius 1 is 1.20 bits per heavy atom. The van der Waals surface area contributed by atoms with Gasteiger partial charge in [0.05, 0.1) is 6.20 Å². The Hall–Kier alpha value is -1.78. The number of hydrogen-bond acceptors (Lipinski definition) is 4. The van der Waals surface area contributed by atoms with Crippen LogP contribution in [0.4, 0.5) is 0 Å². The van der Waals surface area contributed by atoms with Crippen LogP contribution in [-0.2, 0) is 5.41 Å². The molecule has 1 N–H and O–H groups in total. The van der Waals surface area contributed by atoms with Crippen molar-refractivity contribution in [2.45, 2.75) is 26.2 Å². The molecule has 2 rings (SSSR count). The van der Waals surface area contributed by atoms with Gasteiger partial charge in [0.2, 0.25) is 0 Å². The summed E-state index contributed by atoms with van der Waals surface area (Å²) in [6.45, 7) is 6.20. The third kappa shape index (κ3) is 2.01. The highest BCUT2D eigenvalue weighted by Crippen LogP contribution is 2.19. The lowest BCUT2D eigenvalue weighted by atomic mass is 9.96. The third-order valence-electron chi connectivity index (χ3n) is 1.96. The van der Waals surface area contributed by atoms with Gasteiger partial charge in [0, 0.05) is 17.8 Å². The average molecular weight is 203 g/mol. The Morgan fingerprint density at radius 2 is 2.00 bits per heavy atom. The highest BCUT2D eigenvalue weighted by molar-refractivity contribution is 5.46. The molecule has 0 spiro atoms. The normalized spacial score (nSPS) is 11.7. The van der Waals surface area contributed by atoms with Crippen LogP contribution in [0.2, 0.25) is 0 Å². The summed E-state index contributed by atoms with van der Waals surface area (Å²) < 4.78 is 0. The van der Waals surface area contributed by atoms with E-state index >= 15 is 0 Å². The highest BCUT2D eigenvalue weighted by Gasteiger charge is 2.19. The Labute approximate surface area is 88.0 Å². The lowest BCUT2D eigenvalue weighted by Crippen LogP contribution is -2.13. The Balaban J connectivity index is 2.37. The molecule has 0 bridgehead atoms. The molecular weight excluding hydrogens is 190 g/mol. The lowest BCUT2D eigenvalue weighted by molar-refractivity contribution is 0.548. The van der Waals surface area contributed by atoms with Crippen molar-refractivity contribution in [1.29, 1.82) is 0 Å². The first-order valence-corrected chi connectivity index (χ1v) is 4.76. The third-order valence-corrected chi connectivity index (χ3v) is 1.96. The molecule has 5 heteroatoms. The van der Waals surface area contributed by atoms with Gasteiger partial charge in [-0.15, -0.1) is 0 Å². The monoisotopic (exact) mass is 203 g/mol. The predicted octanol–water partition coefficient (Wildman–Crippen LogP) is 1.56. The van der Waals surface area contributed by atoms with Gasteiger partial charge in [-0.2, -0.15) is 5.10 Å². The number of aromatic amines is 1. The van der Waals surface area contributed by atoms with E-state index in [-0.39, 0.29) is 5.41 Å². The van der Waals surface area contributed by atoms with Crippen LogP contribution in [0.1, 0.15) is 26.6 Å². The largest absolute Gasteiger partial charge is 0.261 e. The number of rotatable bonds is 1. The van der Waals surface area contributed by atoms with E-state index < -0.39 is 0 Å². The van der Waals surface area contributed by atoms with Gasteiger partial charge in [-0.1, -0.05) is 20.8 Å². The van der Waals surface area contributed by atoms with Crippen molar-refractivity contribution in [1.82, 2.24) is 25.1 Å². The molecule has 0 radical (unpaired) electrons. The summed E-state index contributed by atoms with van der Waals surface area (Å²) in [5.41, 5.74) is 0.650. The van der Waals surface area contributed by atoms with Gasteiger partial charge in [-0.05, 0) is 0 Å². The maximum absolute atomic E-state index is 4.38. The summed E-state index contributed by atoms with van der Waals surface area (Å²) in [6.07, 6.45) is 4.92. The van der Waals surface area contributed by atoms with E-state index in [0.29, 0.717) is 11.5 Å². The van der Waals surface area contributed by atoms with Crippen LogP contribution in [0.15, 0.2) is 18.6 Å². The van der Waals surface area contributed by atoms with E-state index in [1.54, 1.807) is 18.6 Å². The van der Waals surface area contributed by atoms with Crippen LogP contribution in [0, 0.1) is 0 Å². The molecule has 0 aliphatic rings. The van der Waals surface area contributed by atoms with Gasteiger partial charge in [0.1, 0.15) is 5.69 Å². The maximum atomic E-state index is 4.38. The molecule has 0 atom stereocenters. The van der Waals surface area contributed by atoms with Crippen molar-refractivity contribution >= 4 is 0 Å². The highest BCUT2D eigenvalue weighted by atomic mass is 15.2. The van der Waals surface area contributed by atoms with Crippen LogP contribution in [0.3, 0.4) is 0 Å². The quantitative estimate of drug-likeness (QED) is 0.763. The fourth-order valence-electron chi connectivity index (χ4n) is 1.13. The molecule has 0 saturated heterocycles. The molecule has 0 aromatic carbocycles. The minimum Gasteiger partial charge on any atom is -0.261 e. The first-order valence-electron chi connectivity index (χ1n) is 4.76. The Kier molecular flexibility index (Phi) is 2.22. The predicted molar refractivity (Wildman–Crippen MR) is 56.1 cm³/mol. The van der Waals surface area contributed by atoms with E-state index in [1.807, 2.05) is 0 Å². The van der Waals surface area contributed by atoms with Crippen LogP contribution in [-0.4, -0.2) is 25.1 Å². The average Bonchev–Trinajstić information content (AvgIpc) is 2.67. The Bertz CT molecular complexity index is 440. The molecule has 78 valence electrons. The zero-order chi connectivity index (χ0) is 10.9. The lowest BCUT2D eigenvalue weighted by Gasteiger charge is -2.11. The molecule has 0 aliphatic carbocycles. The zero-order valence-corrected chi connectivity index (χ0v) is 9.02. The van der Waals surface area contributed by atoms with Crippen molar-refractivity contribution in [2.24, 2.45) is 0 Å². The molecule has 0 amide bonds. The maximum Gasteiger partial charge on any atom is 0.176 e. The number of hydrogen-bond donors (Lipinski definition) is 1. The van der Waals surface area contributed by atoms with Crippen LogP contribution in [0.25, 0.3) is 11.5 Å². The molecule has 0 fully saturated rings. The first-order chi connectivity index (χ1) is 7.07. The number of H-pyrrole nitrogens is 1. The zero-order valence-electron chi connectivity index (χ0n) is 9.02. The molecule has 0 saturated carbocycles. The molecule has 15 heavy (non-hydrogen) atoms. The van der Waals surface area contributed by atoms with Crippen molar-refractivity contribution in [3.63, 3.8) is 0 Å². The number of nitrogens with one attached hydrogen (secondary N) is 1. The van der Waals surface area contributed by atoms with Crippen molar-refractivity contribution in [2.75, 3.05) is 0 Å². The summed E-state index contributed by atoms with van der Waals surface area (Å²) >= 11 is 0. The minimum absolute atomic E-state index is 0.0586. The summed E-state index contributed by atoms with van der Waals surface area (Å²) in [5.74, 6) is 1.44. The summed E-state index contributed by atoms with van der Waals surface area (Å²) in [5, 5.41) is 7.02. The van der Waals surface area contributed by atoms with E-state index in [9.17, 15) is 0 Å². The van der Waals surface area contributed by atoms with Gasteiger partial charge < -0.3 is 0 Å². The smallest absolute Gasteiger partial charge is 0.176 e. The minimum atomic E-state index is -0.0586. The van der Waals surface area contributed by atoms with Crippen LogP contribution >= 0.6 is 0 Å². The topological polar surface area (TPSA) is 67.3 Å². The fourth-order valence-corrected chi connectivity index (χ4v) is 1.13. The number of aromatic nitrogens is 5. The van der Waals surface area contributed by atoms with Crippen molar-refractivity contribution in [3.05, 3.63) is 24.4 Å². The summed E-state index contributed by atoms with van der Waals surface area (Å²) in [6, 6.07) is 0. The van der Waals surface area contributed by atoms with Crippen molar-refractivity contribution in [3.8, 4) is 11.5 Å². The standard InChI is InChI=1S/C10H13N5/c1-10(2,3)9-13-8(14-15-9)7-6-11-4-5-12-7/h4-6H,1-3H3,(H,13,14,15). The molecule has 5 nitrogen and oxygen atoms in total. The van der Waals surface area contributed by atoms with Gasteiger partial charge in [-0.25, -0.2) is 9.97 Å². The number of nitrogens with zero attached hydrogens (tertiary/aromatic N) is 4. The molecule has 0 aliphatic heterocycles. The SMILES string of the molecule is CC(C)(C)c1n[nH]c(-c2cnccn2)n1. The second kappa shape index (κ2) is 3.42.